The predicted octanol–water partition coefficient (Wildman–Crippen LogP) is 3.09. The lowest BCUT2D eigenvalue weighted by Crippen LogP contribution is -2.20. The molecule has 1 heterocycles. The van der Waals surface area contributed by atoms with Gasteiger partial charge in [-0.3, -0.25) is 0 Å². The molecule has 0 radical (unpaired) electrons. The number of halogens is 1. The normalized spacial score (nSPS) is 19.9. The maximum Gasteiger partial charge on any atom is 0.178 e. The monoisotopic (exact) mass is 345 g/mol. The van der Waals surface area contributed by atoms with Crippen LogP contribution in [0, 0.1) is 5.92 Å². The van der Waals surface area contributed by atoms with Crippen molar-refractivity contribution in [2.45, 2.75) is 24.7 Å². The maximum atomic E-state index is 11.9. The van der Waals surface area contributed by atoms with E-state index >= 15 is 0 Å². The second-order valence-electron chi connectivity index (χ2n) is 5.07. The van der Waals surface area contributed by atoms with Gasteiger partial charge in [0.25, 0.3) is 0 Å². The van der Waals surface area contributed by atoms with Gasteiger partial charge in [0.15, 0.2) is 9.84 Å². The lowest BCUT2D eigenvalue weighted by atomic mass is 10.2. The molecule has 0 aromatic heterocycles. The molecule has 1 aliphatic heterocycles. The Kier molecular flexibility index (Phi) is 4.90. The van der Waals surface area contributed by atoms with Gasteiger partial charge in [-0.1, -0.05) is 22.9 Å². The van der Waals surface area contributed by atoms with E-state index in [1.165, 1.54) is 6.42 Å². The molecular formula is C14H20BrNO2S. The minimum atomic E-state index is -3.09. The number of sulfone groups is 1. The van der Waals surface area contributed by atoms with E-state index in [0.717, 1.165) is 24.1 Å². The fraction of sp³-hybridized carbons (Fsp3) is 0.571. The molecule has 1 fully saturated rings. The van der Waals surface area contributed by atoms with E-state index in [1.54, 1.807) is 12.1 Å². The molecule has 0 saturated carbocycles. The molecule has 1 atom stereocenters. The van der Waals surface area contributed by atoms with Gasteiger partial charge in [0.1, 0.15) is 0 Å². The second kappa shape index (κ2) is 6.27. The second-order valence-corrected chi connectivity index (χ2v) is 7.82. The molecule has 19 heavy (non-hydrogen) atoms. The summed E-state index contributed by atoms with van der Waals surface area (Å²) < 4.78 is 23.9. The first-order valence-electron chi connectivity index (χ1n) is 6.70. The Morgan fingerprint density at radius 3 is 2.53 bits per heavy atom. The van der Waals surface area contributed by atoms with E-state index in [4.69, 9.17) is 0 Å². The van der Waals surface area contributed by atoms with Crippen LogP contribution in [0.5, 0.6) is 0 Å². The standard InChI is InChI=1S/C14H20BrNO2S/c1-2-9-19(17,18)14-5-3-13(4-6-14)16-8-7-12(10-15)11-16/h3-6,12H,2,7-11H2,1H3. The average Bonchev–Trinajstić information content (AvgIpc) is 2.87. The van der Waals surface area contributed by atoms with E-state index in [9.17, 15) is 8.42 Å². The van der Waals surface area contributed by atoms with Gasteiger partial charge in [-0.25, -0.2) is 8.42 Å². The highest BCUT2D eigenvalue weighted by atomic mass is 79.9. The average molecular weight is 346 g/mol. The van der Waals surface area contributed by atoms with Gasteiger partial charge >= 0.3 is 0 Å². The van der Waals surface area contributed by atoms with Crippen LogP contribution in [0.2, 0.25) is 0 Å². The number of anilines is 1. The molecule has 1 aromatic rings. The highest BCUT2D eigenvalue weighted by Crippen LogP contribution is 2.26. The Labute approximate surface area is 124 Å². The number of benzene rings is 1. The van der Waals surface area contributed by atoms with E-state index in [0.29, 0.717) is 17.2 Å². The fourth-order valence-electron chi connectivity index (χ4n) is 2.44. The summed E-state index contributed by atoms with van der Waals surface area (Å²) in [6.45, 7) is 3.99. The van der Waals surface area contributed by atoms with Crippen molar-refractivity contribution in [3.05, 3.63) is 24.3 Å². The predicted molar refractivity (Wildman–Crippen MR) is 82.9 cm³/mol. The minimum absolute atomic E-state index is 0.224. The molecule has 0 N–H and O–H groups in total. The van der Waals surface area contributed by atoms with Crippen LogP contribution >= 0.6 is 15.9 Å². The SMILES string of the molecule is CCCS(=O)(=O)c1ccc(N2CCC(CBr)C2)cc1. The van der Waals surface area contributed by atoms with Crippen LogP contribution < -0.4 is 4.90 Å². The largest absolute Gasteiger partial charge is 0.371 e. The molecule has 1 saturated heterocycles. The van der Waals surface area contributed by atoms with Crippen molar-refractivity contribution >= 4 is 31.5 Å². The van der Waals surface area contributed by atoms with E-state index in [-0.39, 0.29) is 5.75 Å². The number of rotatable bonds is 5. The summed E-state index contributed by atoms with van der Waals surface area (Å²) in [5.41, 5.74) is 1.12. The summed E-state index contributed by atoms with van der Waals surface area (Å²) in [7, 11) is -3.09. The summed E-state index contributed by atoms with van der Waals surface area (Å²) in [6, 6.07) is 7.34. The molecule has 1 unspecified atom stereocenters. The zero-order valence-electron chi connectivity index (χ0n) is 11.2. The first-order chi connectivity index (χ1) is 9.06. The zero-order valence-corrected chi connectivity index (χ0v) is 13.6. The number of nitrogens with zero attached hydrogens (tertiary/aromatic N) is 1. The molecule has 0 aliphatic carbocycles. The molecule has 0 spiro atoms. The van der Waals surface area contributed by atoms with Crippen molar-refractivity contribution < 1.29 is 8.42 Å². The molecule has 3 nitrogen and oxygen atoms in total. The highest BCUT2D eigenvalue weighted by Gasteiger charge is 2.22. The van der Waals surface area contributed by atoms with Crippen LogP contribution in [-0.4, -0.2) is 32.6 Å². The summed E-state index contributed by atoms with van der Waals surface area (Å²) in [5, 5.41) is 1.03. The number of hydrogen-bond acceptors (Lipinski definition) is 3. The van der Waals surface area contributed by atoms with Crippen LogP contribution in [0.3, 0.4) is 0 Å². The Morgan fingerprint density at radius 2 is 2.00 bits per heavy atom. The number of hydrogen-bond donors (Lipinski definition) is 0. The van der Waals surface area contributed by atoms with Crippen LogP contribution in [0.15, 0.2) is 29.2 Å². The summed E-state index contributed by atoms with van der Waals surface area (Å²) >= 11 is 3.53. The Bertz CT molecular complexity index is 513. The molecule has 0 amide bonds. The van der Waals surface area contributed by atoms with Crippen LogP contribution in [0.25, 0.3) is 0 Å². The zero-order chi connectivity index (χ0) is 13.9. The smallest absolute Gasteiger partial charge is 0.178 e. The lowest BCUT2D eigenvalue weighted by Gasteiger charge is -2.18. The fourth-order valence-corrected chi connectivity index (χ4v) is 4.30. The summed E-state index contributed by atoms with van der Waals surface area (Å²) in [5.74, 6) is 0.922. The number of alkyl halides is 1. The molecule has 1 aromatic carbocycles. The van der Waals surface area contributed by atoms with Crippen molar-refractivity contribution in [3.8, 4) is 0 Å². The lowest BCUT2D eigenvalue weighted by molar-refractivity contribution is 0.594. The third-order valence-corrected chi connectivity index (χ3v) is 6.39. The van der Waals surface area contributed by atoms with E-state index in [2.05, 4.69) is 20.8 Å². The molecular weight excluding hydrogens is 326 g/mol. The molecule has 5 heteroatoms. The van der Waals surface area contributed by atoms with E-state index < -0.39 is 9.84 Å². The summed E-state index contributed by atoms with van der Waals surface area (Å²) in [6.07, 6.45) is 1.85. The van der Waals surface area contributed by atoms with Gasteiger partial charge in [-0.05, 0) is 43.0 Å². The molecule has 2 rings (SSSR count). The van der Waals surface area contributed by atoms with Crippen LogP contribution in [-0.2, 0) is 9.84 Å². The molecule has 1 aliphatic rings. The Balaban J connectivity index is 2.11. The minimum Gasteiger partial charge on any atom is -0.371 e. The Hall–Kier alpha value is -0.550. The first kappa shape index (κ1) is 14.9. The van der Waals surface area contributed by atoms with Crippen LogP contribution in [0.1, 0.15) is 19.8 Å². The molecule has 0 bridgehead atoms. The van der Waals surface area contributed by atoms with Gasteiger partial charge in [-0.2, -0.15) is 0 Å². The third-order valence-electron chi connectivity index (χ3n) is 3.54. The van der Waals surface area contributed by atoms with Gasteiger partial charge < -0.3 is 4.90 Å². The van der Waals surface area contributed by atoms with Crippen molar-refractivity contribution in [2.75, 3.05) is 29.1 Å². The van der Waals surface area contributed by atoms with Crippen molar-refractivity contribution in [2.24, 2.45) is 5.92 Å². The van der Waals surface area contributed by atoms with Crippen LogP contribution in [0.4, 0.5) is 5.69 Å². The molecule has 106 valence electrons. The third kappa shape index (κ3) is 3.51. The topological polar surface area (TPSA) is 37.4 Å². The van der Waals surface area contributed by atoms with Crippen molar-refractivity contribution in [3.63, 3.8) is 0 Å². The highest BCUT2D eigenvalue weighted by molar-refractivity contribution is 9.09. The quantitative estimate of drug-likeness (QED) is 0.769. The maximum absolute atomic E-state index is 11.9. The van der Waals surface area contributed by atoms with Crippen molar-refractivity contribution in [1.82, 2.24) is 0 Å². The van der Waals surface area contributed by atoms with E-state index in [1.807, 2.05) is 19.1 Å². The van der Waals surface area contributed by atoms with Gasteiger partial charge in [-0.15, -0.1) is 0 Å². The Morgan fingerprint density at radius 1 is 1.32 bits per heavy atom. The van der Waals surface area contributed by atoms with Gasteiger partial charge in [0.05, 0.1) is 10.6 Å². The van der Waals surface area contributed by atoms with Crippen molar-refractivity contribution in [1.29, 1.82) is 0 Å². The first-order valence-corrected chi connectivity index (χ1v) is 9.48. The summed E-state index contributed by atoms with van der Waals surface area (Å²) in [4.78, 5) is 2.76. The van der Waals surface area contributed by atoms with Gasteiger partial charge in [0.2, 0.25) is 0 Å². The van der Waals surface area contributed by atoms with Gasteiger partial charge in [0, 0.05) is 24.1 Å².